The Morgan fingerprint density at radius 3 is 2.75 bits per heavy atom. The van der Waals surface area contributed by atoms with Crippen LogP contribution in [-0.4, -0.2) is 24.2 Å². The van der Waals surface area contributed by atoms with Crippen molar-refractivity contribution in [3.8, 4) is 5.75 Å². The van der Waals surface area contributed by atoms with E-state index < -0.39 is 0 Å². The van der Waals surface area contributed by atoms with Gasteiger partial charge in [0.15, 0.2) is 0 Å². The van der Waals surface area contributed by atoms with Crippen LogP contribution in [0.4, 0.5) is 0 Å². The predicted molar refractivity (Wildman–Crippen MR) is 91.8 cm³/mol. The summed E-state index contributed by atoms with van der Waals surface area (Å²) in [4.78, 5) is 16.8. The van der Waals surface area contributed by atoms with E-state index in [0.717, 1.165) is 48.3 Å². The largest absolute Gasteiger partial charge is 0.489 e. The molecule has 4 heteroatoms. The van der Waals surface area contributed by atoms with Gasteiger partial charge in [-0.3, -0.25) is 9.78 Å². The van der Waals surface area contributed by atoms with E-state index in [-0.39, 0.29) is 11.4 Å². The van der Waals surface area contributed by atoms with E-state index in [1.807, 2.05) is 30.3 Å². The second-order valence-corrected chi connectivity index (χ2v) is 7.09. The topological polar surface area (TPSA) is 48.4 Å². The Bertz CT molecular complexity index is 729. The summed E-state index contributed by atoms with van der Waals surface area (Å²) in [6.45, 7) is 0.682. The van der Waals surface area contributed by atoms with Crippen molar-refractivity contribution in [1.29, 1.82) is 0 Å². The highest BCUT2D eigenvalue weighted by atomic mass is 16.6. The zero-order valence-electron chi connectivity index (χ0n) is 13.9. The molecule has 4 rings (SSSR count). The lowest BCUT2D eigenvalue weighted by molar-refractivity contribution is -0.163. The molecule has 2 saturated carbocycles. The average molecular weight is 325 g/mol. The fourth-order valence-corrected chi connectivity index (χ4v) is 3.60. The van der Waals surface area contributed by atoms with Crippen LogP contribution in [0.3, 0.4) is 0 Å². The smallest absolute Gasteiger partial charge is 0.312 e. The van der Waals surface area contributed by atoms with Gasteiger partial charge in [0, 0.05) is 11.6 Å². The maximum Gasteiger partial charge on any atom is 0.312 e. The van der Waals surface area contributed by atoms with Crippen LogP contribution in [-0.2, 0) is 9.53 Å². The van der Waals surface area contributed by atoms with E-state index in [1.54, 1.807) is 6.20 Å². The molecule has 0 N–H and O–H groups in total. The van der Waals surface area contributed by atoms with Crippen LogP contribution in [0, 0.1) is 11.3 Å². The first-order valence-corrected chi connectivity index (χ1v) is 8.91. The van der Waals surface area contributed by atoms with Gasteiger partial charge in [-0.15, -0.1) is 0 Å². The minimum absolute atomic E-state index is 0.0103. The number of benzene rings is 1. The molecule has 2 aliphatic carbocycles. The summed E-state index contributed by atoms with van der Waals surface area (Å²) in [6.07, 6.45) is 8.49. The quantitative estimate of drug-likeness (QED) is 0.567. The number of rotatable bonds is 7. The summed E-state index contributed by atoms with van der Waals surface area (Å²) >= 11 is 0. The number of para-hydroxylation sites is 1. The van der Waals surface area contributed by atoms with Crippen molar-refractivity contribution < 1.29 is 14.3 Å². The molecule has 1 aromatic heterocycles. The number of esters is 1. The highest BCUT2D eigenvalue weighted by Gasteiger charge is 2.48. The number of carbonyl (C=O) groups excluding carboxylic acids is 1. The number of ether oxygens (including phenoxy) is 2. The number of pyridine rings is 1. The SMILES string of the molecule is O=C(OCCOc1ccnc2ccccc12)C1(CC2CC2)CCC1. The third kappa shape index (κ3) is 3.10. The van der Waals surface area contributed by atoms with E-state index in [4.69, 9.17) is 9.47 Å². The van der Waals surface area contributed by atoms with Crippen LogP contribution in [0.25, 0.3) is 10.9 Å². The Hall–Kier alpha value is -2.10. The van der Waals surface area contributed by atoms with Crippen molar-refractivity contribution in [2.75, 3.05) is 13.2 Å². The lowest BCUT2D eigenvalue weighted by atomic mass is 9.65. The molecule has 2 aliphatic rings. The molecule has 0 bridgehead atoms. The number of aromatic nitrogens is 1. The van der Waals surface area contributed by atoms with E-state index >= 15 is 0 Å². The Morgan fingerprint density at radius 2 is 2.00 bits per heavy atom. The summed E-state index contributed by atoms with van der Waals surface area (Å²) < 4.78 is 11.3. The molecule has 4 nitrogen and oxygen atoms in total. The van der Waals surface area contributed by atoms with Gasteiger partial charge in [-0.2, -0.15) is 0 Å². The molecule has 0 atom stereocenters. The van der Waals surface area contributed by atoms with Crippen LogP contribution >= 0.6 is 0 Å². The molecule has 0 radical (unpaired) electrons. The fraction of sp³-hybridized carbons (Fsp3) is 0.500. The summed E-state index contributed by atoms with van der Waals surface area (Å²) in [7, 11) is 0. The monoisotopic (exact) mass is 325 g/mol. The standard InChI is InChI=1S/C20H23NO3/c22-19(20(9-3-10-20)14-15-6-7-15)24-13-12-23-18-8-11-21-17-5-2-1-4-16(17)18/h1-2,4-5,8,11,15H,3,6-7,9-10,12-14H2. The molecule has 126 valence electrons. The van der Waals surface area contributed by atoms with Crippen molar-refractivity contribution in [1.82, 2.24) is 4.98 Å². The van der Waals surface area contributed by atoms with Gasteiger partial charge in [0.2, 0.25) is 0 Å². The lowest BCUT2D eigenvalue weighted by Gasteiger charge is -2.39. The predicted octanol–water partition coefficient (Wildman–Crippen LogP) is 4.13. The van der Waals surface area contributed by atoms with Crippen LogP contribution in [0.2, 0.25) is 0 Å². The van der Waals surface area contributed by atoms with Crippen LogP contribution in [0.5, 0.6) is 5.75 Å². The van der Waals surface area contributed by atoms with Gasteiger partial charge >= 0.3 is 5.97 Å². The van der Waals surface area contributed by atoms with Gasteiger partial charge in [-0.1, -0.05) is 31.4 Å². The van der Waals surface area contributed by atoms with Gasteiger partial charge in [0.25, 0.3) is 0 Å². The third-order valence-electron chi connectivity index (χ3n) is 5.30. The van der Waals surface area contributed by atoms with Gasteiger partial charge in [0.05, 0.1) is 10.9 Å². The first-order chi connectivity index (χ1) is 11.8. The molecule has 0 spiro atoms. The van der Waals surface area contributed by atoms with E-state index in [2.05, 4.69) is 4.98 Å². The molecule has 2 aromatic rings. The van der Waals surface area contributed by atoms with Crippen LogP contribution < -0.4 is 4.74 Å². The van der Waals surface area contributed by atoms with Gasteiger partial charge in [-0.05, 0) is 43.4 Å². The summed E-state index contributed by atoms with van der Waals surface area (Å²) in [5.41, 5.74) is 0.731. The zero-order valence-corrected chi connectivity index (χ0v) is 13.9. The normalized spacial score (nSPS) is 18.8. The molecular weight excluding hydrogens is 302 g/mol. The molecule has 1 aromatic carbocycles. The summed E-state index contributed by atoms with van der Waals surface area (Å²) in [5, 5.41) is 0.982. The minimum Gasteiger partial charge on any atom is -0.489 e. The number of hydrogen-bond donors (Lipinski definition) is 0. The summed E-state index contributed by atoms with van der Waals surface area (Å²) in [6, 6.07) is 9.72. The second-order valence-electron chi connectivity index (χ2n) is 7.09. The Kier molecular flexibility index (Phi) is 4.13. The highest BCUT2D eigenvalue weighted by molar-refractivity contribution is 5.84. The molecule has 0 unspecified atom stereocenters. The van der Waals surface area contributed by atoms with Crippen molar-refractivity contribution >= 4 is 16.9 Å². The molecule has 0 amide bonds. The average Bonchev–Trinajstić information content (AvgIpc) is 3.39. The minimum atomic E-state index is -0.176. The van der Waals surface area contributed by atoms with Crippen molar-refractivity contribution in [2.24, 2.45) is 11.3 Å². The van der Waals surface area contributed by atoms with Crippen molar-refractivity contribution in [3.05, 3.63) is 36.5 Å². The van der Waals surface area contributed by atoms with E-state index in [0.29, 0.717) is 13.2 Å². The molecule has 0 saturated heterocycles. The Balaban J connectivity index is 1.30. The fourth-order valence-electron chi connectivity index (χ4n) is 3.60. The van der Waals surface area contributed by atoms with Gasteiger partial charge in [-0.25, -0.2) is 0 Å². The maximum atomic E-state index is 12.4. The van der Waals surface area contributed by atoms with Crippen LogP contribution in [0.15, 0.2) is 36.5 Å². The van der Waals surface area contributed by atoms with Crippen molar-refractivity contribution in [2.45, 2.75) is 38.5 Å². The molecular formula is C20H23NO3. The zero-order chi connectivity index (χ0) is 16.4. The van der Waals surface area contributed by atoms with Gasteiger partial charge < -0.3 is 9.47 Å². The number of carbonyl (C=O) groups is 1. The first kappa shape index (κ1) is 15.4. The van der Waals surface area contributed by atoms with Crippen LogP contribution in [0.1, 0.15) is 38.5 Å². The molecule has 24 heavy (non-hydrogen) atoms. The molecule has 0 aliphatic heterocycles. The lowest BCUT2D eigenvalue weighted by Crippen LogP contribution is -2.40. The first-order valence-electron chi connectivity index (χ1n) is 8.91. The number of nitrogens with zero attached hydrogens (tertiary/aromatic N) is 1. The number of fused-ring (bicyclic) bond motifs is 1. The van der Waals surface area contributed by atoms with Crippen molar-refractivity contribution in [3.63, 3.8) is 0 Å². The number of hydrogen-bond acceptors (Lipinski definition) is 4. The highest BCUT2D eigenvalue weighted by Crippen LogP contribution is 2.51. The molecule has 2 fully saturated rings. The second kappa shape index (κ2) is 6.42. The van der Waals surface area contributed by atoms with Gasteiger partial charge in [0.1, 0.15) is 19.0 Å². The Morgan fingerprint density at radius 1 is 1.17 bits per heavy atom. The maximum absolute atomic E-state index is 12.4. The van der Waals surface area contributed by atoms with E-state index in [1.165, 1.54) is 12.8 Å². The van der Waals surface area contributed by atoms with E-state index in [9.17, 15) is 4.79 Å². The molecule has 1 heterocycles. The Labute approximate surface area is 142 Å². The third-order valence-corrected chi connectivity index (χ3v) is 5.30. The summed E-state index contributed by atoms with van der Waals surface area (Å²) in [5.74, 6) is 1.54.